The third-order valence-electron chi connectivity index (χ3n) is 3.47. The Hall–Kier alpha value is -1.59. The first kappa shape index (κ1) is 14.8. The van der Waals surface area contributed by atoms with Gasteiger partial charge < -0.3 is 10.2 Å². The van der Waals surface area contributed by atoms with E-state index in [1.165, 1.54) is 0 Å². The van der Waals surface area contributed by atoms with Crippen molar-refractivity contribution in [3.63, 3.8) is 0 Å². The summed E-state index contributed by atoms with van der Waals surface area (Å²) in [5, 5.41) is 5.93. The summed E-state index contributed by atoms with van der Waals surface area (Å²) < 4.78 is 0. The Kier molecular flexibility index (Phi) is 4.01. The second kappa shape index (κ2) is 5.42. The summed E-state index contributed by atoms with van der Waals surface area (Å²) in [7, 11) is 1.86. The molecule has 1 aromatic rings. The van der Waals surface area contributed by atoms with Gasteiger partial charge in [-0.2, -0.15) is 0 Å². The molecule has 0 radical (unpaired) electrons. The van der Waals surface area contributed by atoms with E-state index >= 15 is 0 Å². The molecule has 1 fully saturated rings. The zero-order valence-corrected chi connectivity index (χ0v) is 12.5. The first-order valence-corrected chi connectivity index (χ1v) is 6.79. The van der Waals surface area contributed by atoms with E-state index < -0.39 is 5.54 Å². The van der Waals surface area contributed by atoms with Crippen LogP contribution in [0.4, 0.5) is 5.69 Å². The van der Waals surface area contributed by atoms with Gasteiger partial charge in [-0.3, -0.25) is 14.9 Å². The third-order valence-corrected chi connectivity index (χ3v) is 3.77. The fraction of sp³-hybridized carbons (Fsp3) is 0.429. The molecule has 1 aromatic carbocycles. The van der Waals surface area contributed by atoms with E-state index in [0.29, 0.717) is 17.3 Å². The van der Waals surface area contributed by atoms with Crippen LogP contribution in [0.15, 0.2) is 18.2 Å². The lowest BCUT2D eigenvalue weighted by Gasteiger charge is -2.42. The predicted octanol–water partition coefficient (Wildman–Crippen LogP) is 1.30. The van der Waals surface area contributed by atoms with Gasteiger partial charge in [-0.05, 0) is 38.6 Å². The van der Waals surface area contributed by atoms with Crippen molar-refractivity contribution in [2.75, 3.05) is 18.5 Å². The van der Waals surface area contributed by atoms with Gasteiger partial charge in [0.15, 0.2) is 0 Å². The molecule has 1 saturated heterocycles. The summed E-state index contributed by atoms with van der Waals surface area (Å²) in [5.41, 5.74) is 0.925. The maximum atomic E-state index is 12.0. The molecule has 20 heavy (non-hydrogen) atoms. The first-order chi connectivity index (χ1) is 9.36. The number of nitrogens with zero attached hydrogens (tertiary/aromatic N) is 1. The SMILES string of the molecule is CNCc1ccc(N2CC(=O)NC(=O)C2(C)C)c(Cl)c1. The highest BCUT2D eigenvalue weighted by atomic mass is 35.5. The lowest BCUT2D eigenvalue weighted by molar-refractivity contribution is -0.135. The lowest BCUT2D eigenvalue weighted by Crippen LogP contribution is -2.64. The van der Waals surface area contributed by atoms with Crippen LogP contribution in [0.5, 0.6) is 0 Å². The molecular formula is C14H18ClN3O2. The summed E-state index contributed by atoms with van der Waals surface area (Å²) in [4.78, 5) is 25.3. The van der Waals surface area contributed by atoms with Gasteiger partial charge in [0, 0.05) is 6.54 Å². The highest BCUT2D eigenvalue weighted by Crippen LogP contribution is 2.33. The number of piperazine rings is 1. The van der Waals surface area contributed by atoms with Crippen LogP contribution in [0, 0.1) is 0 Å². The summed E-state index contributed by atoms with van der Waals surface area (Å²) in [6.07, 6.45) is 0. The molecule has 0 aliphatic carbocycles. The smallest absolute Gasteiger partial charge is 0.251 e. The topological polar surface area (TPSA) is 61.4 Å². The fourth-order valence-corrected chi connectivity index (χ4v) is 2.56. The Bertz CT molecular complexity index is 557. The van der Waals surface area contributed by atoms with Crippen LogP contribution in [0.1, 0.15) is 19.4 Å². The van der Waals surface area contributed by atoms with E-state index in [2.05, 4.69) is 10.6 Å². The Morgan fingerprint density at radius 1 is 1.40 bits per heavy atom. The second-order valence-corrected chi connectivity index (χ2v) is 5.75. The Balaban J connectivity index is 2.38. The molecule has 0 atom stereocenters. The van der Waals surface area contributed by atoms with Crippen LogP contribution < -0.4 is 15.5 Å². The molecule has 2 amide bonds. The number of carbonyl (C=O) groups excluding carboxylic acids is 2. The van der Waals surface area contributed by atoms with Gasteiger partial charge in [-0.15, -0.1) is 0 Å². The van der Waals surface area contributed by atoms with Gasteiger partial charge in [0.25, 0.3) is 5.91 Å². The first-order valence-electron chi connectivity index (χ1n) is 6.41. The number of carbonyl (C=O) groups is 2. The van der Waals surface area contributed by atoms with E-state index in [-0.39, 0.29) is 18.4 Å². The van der Waals surface area contributed by atoms with Crippen LogP contribution in [-0.4, -0.2) is 30.9 Å². The van der Waals surface area contributed by atoms with Gasteiger partial charge in [0.05, 0.1) is 17.3 Å². The zero-order valence-electron chi connectivity index (χ0n) is 11.8. The molecule has 1 heterocycles. The maximum absolute atomic E-state index is 12.0. The van der Waals surface area contributed by atoms with Crippen molar-refractivity contribution in [1.82, 2.24) is 10.6 Å². The minimum Gasteiger partial charge on any atom is -0.347 e. The monoisotopic (exact) mass is 295 g/mol. The predicted molar refractivity (Wildman–Crippen MR) is 78.8 cm³/mol. The highest BCUT2D eigenvalue weighted by Gasteiger charge is 2.41. The van der Waals surface area contributed by atoms with Gasteiger partial charge >= 0.3 is 0 Å². The lowest BCUT2D eigenvalue weighted by atomic mass is 9.97. The van der Waals surface area contributed by atoms with Crippen LogP contribution in [0.2, 0.25) is 5.02 Å². The van der Waals surface area contributed by atoms with E-state index in [9.17, 15) is 9.59 Å². The normalized spacial score (nSPS) is 18.1. The summed E-state index contributed by atoms with van der Waals surface area (Å²) >= 11 is 6.31. The highest BCUT2D eigenvalue weighted by molar-refractivity contribution is 6.33. The average Bonchev–Trinajstić information content (AvgIpc) is 2.35. The number of amides is 2. The Morgan fingerprint density at radius 2 is 2.10 bits per heavy atom. The fourth-order valence-electron chi connectivity index (χ4n) is 2.25. The van der Waals surface area contributed by atoms with Gasteiger partial charge in [-0.25, -0.2) is 0 Å². The number of halogens is 1. The number of hydrogen-bond donors (Lipinski definition) is 2. The number of hydrogen-bond acceptors (Lipinski definition) is 4. The van der Waals surface area contributed by atoms with Crippen LogP contribution in [0.3, 0.4) is 0 Å². The molecular weight excluding hydrogens is 278 g/mol. The Morgan fingerprint density at radius 3 is 2.70 bits per heavy atom. The van der Waals surface area contributed by atoms with Crippen molar-refractivity contribution in [2.45, 2.75) is 25.9 Å². The van der Waals surface area contributed by atoms with Gasteiger partial charge in [-0.1, -0.05) is 17.7 Å². The zero-order chi connectivity index (χ0) is 14.9. The molecule has 0 aromatic heterocycles. The van der Waals surface area contributed by atoms with Crippen molar-refractivity contribution in [3.8, 4) is 0 Å². The average molecular weight is 296 g/mol. The third kappa shape index (κ3) is 2.64. The molecule has 0 unspecified atom stereocenters. The van der Waals surface area contributed by atoms with Crippen molar-refractivity contribution in [3.05, 3.63) is 28.8 Å². The number of anilines is 1. The molecule has 0 saturated carbocycles. The van der Waals surface area contributed by atoms with E-state index in [1.807, 2.05) is 25.2 Å². The minimum atomic E-state index is -0.817. The minimum absolute atomic E-state index is 0.115. The largest absolute Gasteiger partial charge is 0.347 e. The molecule has 1 aliphatic heterocycles. The van der Waals surface area contributed by atoms with E-state index in [4.69, 9.17) is 11.6 Å². The second-order valence-electron chi connectivity index (χ2n) is 5.34. The molecule has 0 spiro atoms. The van der Waals surface area contributed by atoms with Gasteiger partial charge in [0.2, 0.25) is 5.91 Å². The van der Waals surface area contributed by atoms with Crippen molar-refractivity contribution >= 4 is 29.1 Å². The summed E-state index contributed by atoms with van der Waals surface area (Å²) in [6, 6.07) is 5.63. The Labute approximate surface area is 123 Å². The molecule has 6 heteroatoms. The number of imide groups is 1. The quantitative estimate of drug-likeness (QED) is 0.825. The maximum Gasteiger partial charge on any atom is 0.251 e. The van der Waals surface area contributed by atoms with Crippen molar-refractivity contribution in [2.24, 2.45) is 0 Å². The van der Waals surface area contributed by atoms with E-state index in [0.717, 1.165) is 5.56 Å². The van der Waals surface area contributed by atoms with Crippen molar-refractivity contribution in [1.29, 1.82) is 0 Å². The molecule has 2 N–H and O–H groups in total. The van der Waals surface area contributed by atoms with Crippen molar-refractivity contribution < 1.29 is 9.59 Å². The van der Waals surface area contributed by atoms with Crippen LogP contribution in [-0.2, 0) is 16.1 Å². The summed E-state index contributed by atoms with van der Waals surface area (Å²) in [5.74, 6) is -0.631. The molecule has 1 aliphatic rings. The number of rotatable bonds is 3. The van der Waals surface area contributed by atoms with Crippen LogP contribution in [0.25, 0.3) is 0 Å². The molecule has 5 nitrogen and oxygen atoms in total. The molecule has 0 bridgehead atoms. The number of nitrogens with one attached hydrogen (secondary N) is 2. The van der Waals surface area contributed by atoms with Gasteiger partial charge in [0.1, 0.15) is 5.54 Å². The number of benzene rings is 1. The molecule has 108 valence electrons. The molecule has 2 rings (SSSR count). The standard InChI is InChI=1S/C14H18ClN3O2/c1-14(2)13(20)17-12(19)8-18(14)11-5-4-9(7-16-3)6-10(11)15/h4-6,16H,7-8H2,1-3H3,(H,17,19,20). The van der Waals surface area contributed by atoms with E-state index in [1.54, 1.807) is 18.7 Å². The van der Waals surface area contributed by atoms with Crippen LogP contribution >= 0.6 is 11.6 Å². The summed E-state index contributed by atoms with van der Waals surface area (Å²) in [6.45, 7) is 4.37.